The fraction of sp³-hybridized carbons (Fsp3) is 0.462. The molecule has 112 valence electrons. The lowest BCUT2D eigenvalue weighted by Gasteiger charge is -2.18. The molecule has 1 aromatic rings. The van der Waals surface area contributed by atoms with Gasteiger partial charge in [0.15, 0.2) is 6.10 Å². The van der Waals surface area contributed by atoms with Crippen LogP contribution in [0.3, 0.4) is 0 Å². The van der Waals surface area contributed by atoms with Crippen molar-refractivity contribution in [3.05, 3.63) is 28.8 Å². The molecule has 0 saturated carbocycles. The summed E-state index contributed by atoms with van der Waals surface area (Å²) in [6, 6.07) is 4.91. The number of carbonyl (C=O) groups excluding carboxylic acids is 1. The van der Waals surface area contributed by atoms with E-state index in [-0.39, 0.29) is 0 Å². The molecule has 1 unspecified atom stereocenters. The highest BCUT2D eigenvalue weighted by molar-refractivity contribution is 6.31. The van der Waals surface area contributed by atoms with Crippen LogP contribution in [0.2, 0.25) is 5.02 Å². The Morgan fingerprint density at radius 1 is 1.55 bits per heavy atom. The average molecular weight is 307 g/mol. The van der Waals surface area contributed by atoms with Gasteiger partial charge in [-0.15, -0.1) is 0 Å². The summed E-state index contributed by atoms with van der Waals surface area (Å²) in [7, 11) is 0. The van der Waals surface area contributed by atoms with Crippen LogP contribution in [0.15, 0.2) is 18.2 Å². The first-order chi connectivity index (χ1) is 9.25. The van der Waals surface area contributed by atoms with E-state index in [2.05, 4.69) is 5.32 Å². The number of carbonyl (C=O) groups is 1. The van der Waals surface area contributed by atoms with Crippen LogP contribution in [-0.4, -0.2) is 31.0 Å². The largest absolute Gasteiger partial charge is 0.481 e. The number of nitrogens with one attached hydrogen (secondary N) is 1. The van der Waals surface area contributed by atoms with Crippen LogP contribution < -0.4 is 15.8 Å². The molecule has 4 nitrogen and oxygen atoms in total. The van der Waals surface area contributed by atoms with Gasteiger partial charge in [0, 0.05) is 5.02 Å². The van der Waals surface area contributed by atoms with E-state index >= 15 is 0 Å². The average Bonchev–Trinajstić information content (AvgIpc) is 2.40. The highest BCUT2D eigenvalue weighted by atomic mass is 35.5. The van der Waals surface area contributed by atoms with Gasteiger partial charge in [0.25, 0.3) is 11.8 Å². The summed E-state index contributed by atoms with van der Waals surface area (Å²) in [4.78, 5) is 11.6. The van der Waals surface area contributed by atoms with Crippen molar-refractivity contribution in [1.29, 1.82) is 0 Å². The number of benzene rings is 1. The molecular formula is C13H17ClF2N2O2. The van der Waals surface area contributed by atoms with Crippen molar-refractivity contribution in [1.82, 2.24) is 5.32 Å². The van der Waals surface area contributed by atoms with Gasteiger partial charge in [-0.05, 0) is 37.6 Å². The van der Waals surface area contributed by atoms with Crippen molar-refractivity contribution in [2.24, 2.45) is 5.73 Å². The third-order valence-electron chi connectivity index (χ3n) is 2.63. The van der Waals surface area contributed by atoms with Crippen LogP contribution >= 0.6 is 11.6 Å². The zero-order chi connectivity index (χ0) is 15.3. The van der Waals surface area contributed by atoms with Gasteiger partial charge in [0.2, 0.25) is 0 Å². The van der Waals surface area contributed by atoms with E-state index in [0.29, 0.717) is 10.8 Å². The van der Waals surface area contributed by atoms with Crippen molar-refractivity contribution in [2.45, 2.75) is 25.9 Å². The number of hydrogen-bond acceptors (Lipinski definition) is 3. The first kappa shape index (κ1) is 16.7. The maximum absolute atomic E-state index is 12.9. The third-order valence-corrected chi connectivity index (χ3v) is 3.06. The molecule has 3 N–H and O–H groups in total. The van der Waals surface area contributed by atoms with Gasteiger partial charge in [0.1, 0.15) is 5.75 Å². The molecule has 1 amide bonds. The monoisotopic (exact) mass is 306 g/mol. The second kappa shape index (κ2) is 6.85. The summed E-state index contributed by atoms with van der Waals surface area (Å²) in [6.07, 6.45) is -0.899. The highest BCUT2D eigenvalue weighted by Crippen LogP contribution is 2.21. The van der Waals surface area contributed by atoms with Crippen molar-refractivity contribution in [3.8, 4) is 5.75 Å². The second-order valence-corrected chi connectivity index (χ2v) is 4.86. The Morgan fingerprint density at radius 3 is 2.75 bits per heavy atom. The Morgan fingerprint density at radius 2 is 2.20 bits per heavy atom. The number of nitrogens with two attached hydrogens (primary N) is 1. The van der Waals surface area contributed by atoms with Crippen molar-refractivity contribution in [3.63, 3.8) is 0 Å². The SMILES string of the molecule is Cc1cc(OC(C)C(=O)NCC(F)(F)CN)ccc1Cl. The van der Waals surface area contributed by atoms with Gasteiger partial charge in [-0.2, -0.15) is 0 Å². The Labute approximate surface area is 121 Å². The summed E-state index contributed by atoms with van der Waals surface area (Å²) >= 11 is 5.87. The molecular weight excluding hydrogens is 290 g/mol. The summed E-state index contributed by atoms with van der Waals surface area (Å²) in [6.45, 7) is 1.64. The van der Waals surface area contributed by atoms with Crippen LogP contribution in [0.25, 0.3) is 0 Å². The van der Waals surface area contributed by atoms with Crippen LogP contribution in [0.5, 0.6) is 5.75 Å². The first-order valence-electron chi connectivity index (χ1n) is 6.03. The summed E-state index contributed by atoms with van der Waals surface area (Å²) in [5.41, 5.74) is 5.68. The molecule has 0 radical (unpaired) electrons. The third kappa shape index (κ3) is 4.94. The number of alkyl halides is 2. The molecule has 0 heterocycles. The Kier molecular flexibility index (Phi) is 5.71. The summed E-state index contributed by atoms with van der Waals surface area (Å²) in [5, 5.41) is 2.68. The van der Waals surface area contributed by atoms with E-state index in [1.165, 1.54) is 6.92 Å². The summed E-state index contributed by atoms with van der Waals surface area (Å²) in [5.74, 6) is -3.31. The van der Waals surface area contributed by atoms with Crippen LogP contribution in [0.1, 0.15) is 12.5 Å². The van der Waals surface area contributed by atoms with Gasteiger partial charge in [-0.25, -0.2) is 8.78 Å². The Hall–Kier alpha value is -1.40. The Bertz CT molecular complexity index is 483. The molecule has 0 fully saturated rings. The van der Waals surface area contributed by atoms with E-state index in [9.17, 15) is 13.6 Å². The van der Waals surface area contributed by atoms with Crippen molar-refractivity contribution in [2.75, 3.05) is 13.1 Å². The maximum atomic E-state index is 12.9. The molecule has 0 aliphatic rings. The normalized spacial score (nSPS) is 12.9. The fourth-order valence-corrected chi connectivity index (χ4v) is 1.50. The molecule has 20 heavy (non-hydrogen) atoms. The first-order valence-corrected chi connectivity index (χ1v) is 6.41. The smallest absolute Gasteiger partial charge is 0.277 e. The minimum atomic E-state index is -3.12. The Balaban J connectivity index is 2.55. The minimum absolute atomic E-state index is 0.445. The van der Waals surface area contributed by atoms with Gasteiger partial charge in [0.05, 0.1) is 13.1 Å². The van der Waals surface area contributed by atoms with Crippen molar-refractivity contribution < 1.29 is 18.3 Å². The topological polar surface area (TPSA) is 64.3 Å². The van der Waals surface area contributed by atoms with Gasteiger partial charge in [-0.1, -0.05) is 11.6 Å². The minimum Gasteiger partial charge on any atom is -0.481 e. The van der Waals surface area contributed by atoms with E-state index in [4.69, 9.17) is 22.1 Å². The lowest BCUT2D eigenvalue weighted by Crippen LogP contribution is -2.45. The van der Waals surface area contributed by atoms with E-state index in [1.807, 2.05) is 0 Å². The molecule has 1 aromatic carbocycles. The molecule has 0 saturated heterocycles. The molecule has 7 heteroatoms. The second-order valence-electron chi connectivity index (χ2n) is 4.45. The van der Waals surface area contributed by atoms with Crippen LogP contribution in [-0.2, 0) is 4.79 Å². The molecule has 0 bridgehead atoms. The molecule has 1 rings (SSSR count). The predicted molar refractivity (Wildman–Crippen MR) is 73.3 cm³/mol. The van der Waals surface area contributed by atoms with E-state index in [0.717, 1.165) is 5.56 Å². The van der Waals surface area contributed by atoms with Crippen LogP contribution in [0, 0.1) is 6.92 Å². The number of rotatable bonds is 6. The molecule has 0 aliphatic heterocycles. The van der Waals surface area contributed by atoms with Gasteiger partial charge in [-0.3, -0.25) is 4.79 Å². The molecule has 0 spiro atoms. The molecule has 1 atom stereocenters. The number of hydrogen-bond donors (Lipinski definition) is 2. The standard InChI is InChI=1S/C13H17ClF2N2O2/c1-8-5-10(3-4-11(8)14)20-9(2)12(19)18-7-13(15,16)6-17/h3-5,9H,6-7,17H2,1-2H3,(H,18,19). The lowest BCUT2D eigenvalue weighted by atomic mass is 10.2. The predicted octanol–water partition coefficient (Wildman–Crippen LogP) is 2.13. The fourth-order valence-electron chi connectivity index (χ4n) is 1.38. The quantitative estimate of drug-likeness (QED) is 0.846. The van der Waals surface area contributed by atoms with Crippen LogP contribution in [0.4, 0.5) is 8.78 Å². The number of halogens is 3. The molecule has 0 aliphatic carbocycles. The van der Waals surface area contributed by atoms with Gasteiger partial charge >= 0.3 is 0 Å². The summed E-state index contributed by atoms with van der Waals surface area (Å²) < 4.78 is 31.2. The number of ether oxygens (including phenoxy) is 1. The number of amides is 1. The van der Waals surface area contributed by atoms with Crippen molar-refractivity contribution >= 4 is 17.5 Å². The highest BCUT2D eigenvalue weighted by Gasteiger charge is 2.28. The zero-order valence-corrected chi connectivity index (χ0v) is 12.0. The number of aryl methyl sites for hydroxylation is 1. The lowest BCUT2D eigenvalue weighted by molar-refractivity contribution is -0.129. The van der Waals surface area contributed by atoms with Gasteiger partial charge < -0.3 is 15.8 Å². The maximum Gasteiger partial charge on any atom is 0.277 e. The molecule has 0 aromatic heterocycles. The zero-order valence-electron chi connectivity index (χ0n) is 11.3. The van der Waals surface area contributed by atoms with E-state index in [1.54, 1.807) is 25.1 Å². The van der Waals surface area contributed by atoms with E-state index < -0.39 is 31.0 Å².